The molecule has 1 heterocycles. The fourth-order valence-electron chi connectivity index (χ4n) is 4.48. The number of carbonyl (C=O) groups is 3. The smallest absolute Gasteiger partial charge is 0.374 e. The van der Waals surface area contributed by atoms with Crippen molar-refractivity contribution in [1.29, 1.82) is 0 Å². The summed E-state index contributed by atoms with van der Waals surface area (Å²) in [5.41, 5.74) is -1.20. The lowest BCUT2D eigenvalue weighted by atomic mass is 10.1. The van der Waals surface area contributed by atoms with Gasteiger partial charge in [0.1, 0.15) is 5.75 Å². The maximum Gasteiger partial charge on any atom is 0.374 e. The van der Waals surface area contributed by atoms with Crippen molar-refractivity contribution < 1.29 is 28.6 Å². The fourth-order valence-corrected chi connectivity index (χ4v) is 4.48. The number of benzene rings is 1. The van der Waals surface area contributed by atoms with E-state index in [2.05, 4.69) is 17.3 Å². The number of aryl methyl sites for hydroxylation is 2. The van der Waals surface area contributed by atoms with Crippen LogP contribution in [0.1, 0.15) is 91.5 Å². The van der Waals surface area contributed by atoms with Gasteiger partial charge in [0.25, 0.3) is 5.56 Å². The zero-order valence-corrected chi connectivity index (χ0v) is 26.8. The molecule has 0 radical (unpaired) electrons. The number of hydrogen-bond acceptors (Lipinski definition) is 10. The van der Waals surface area contributed by atoms with Crippen LogP contribution in [0.25, 0.3) is 0 Å². The Kier molecular flexibility index (Phi) is 15.4. The summed E-state index contributed by atoms with van der Waals surface area (Å²) < 4.78 is 17.9. The summed E-state index contributed by atoms with van der Waals surface area (Å²) in [6.07, 6.45) is 6.71. The second-order valence-corrected chi connectivity index (χ2v) is 11.0. The molecule has 0 amide bonds. The predicted molar refractivity (Wildman–Crippen MR) is 167 cm³/mol. The molecule has 0 aliphatic rings. The van der Waals surface area contributed by atoms with Gasteiger partial charge in [-0.15, -0.1) is 5.10 Å². The number of Topliss-reactive ketones (excluding diaryl/α,β-unsaturated/α-hetero) is 1. The molecule has 1 aromatic heterocycles. The Morgan fingerprint density at radius 3 is 2.34 bits per heavy atom. The van der Waals surface area contributed by atoms with Gasteiger partial charge in [0, 0.05) is 19.5 Å². The molecule has 0 spiro atoms. The topological polar surface area (TPSA) is 148 Å². The summed E-state index contributed by atoms with van der Waals surface area (Å²) in [7, 11) is 0. The SMILES string of the molecule is CCCCCCCn1c(=O)c(NCCCCc2cccc(OC(C)(C)C(=O)OCC)c2)nn(CCC(=O)C(=O)OCC)c1=O. The van der Waals surface area contributed by atoms with Crippen molar-refractivity contribution in [3.8, 4) is 5.75 Å². The average Bonchev–Trinajstić information content (AvgIpc) is 2.98. The third-order valence-corrected chi connectivity index (χ3v) is 6.88. The van der Waals surface area contributed by atoms with E-state index in [1.165, 1.54) is 0 Å². The van der Waals surface area contributed by atoms with Crippen LogP contribution in [0.5, 0.6) is 5.75 Å². The summed E-state index contributed by atoms with van der Waals surface area (Å²) in [5.74, 6) is -1.55. The van der Waals surface area contributed by atoms with Crippen LogP contribution in [0.2, 0.25) is 0 Å². The van der Waals surface area contributed by atoms with Crippen molar-refractivity contribution in [3.05, 3.63) is 50.7 Å². The molecule has 0 bridgehead atoms. The van der Waals surface area contributed by atoms with Crippen molar-refractivity contribution in [2.24, 2.45) is 0 Å². The number of anilines is 1. The molecule has 1 N–H and O–H groups in total. The van der Waals surface area contributed by atoms with E-state index in [0.29, 0.717) is 25.1 Å². The number of rotatable bonds is 21. The summed E-state index contributed by atoms with van der Waals surface area (Å²) >= 11 is 0. The minimum absolute atomic E-state index is 0.0262. The van der Waals surface area contributed by atoms with Crippen LogP contribution in [0.4, 0.5) is 5.82 Å². The molecule has 0 aliphatic heterocycles. The van der Waals surface area contributed by atoms with E-state index in [1.54, 1.807) is 33.8 Å². The minimum atomic E-state index is -1.11. The van der Waals surface area contributed by atoms with E-state index in [0.717, 1.165) is 53.3 Å². The Morgan fingerprint density at radius 1 is 0.909 bits per heavy atom. The molecule has 2 aromatic rings. The lowest BCUT2D eigenvalue weighted by molar-refractivity contribution is -0.158. The van der Waals surface area contributed by atoms with Gasteiger partial charge in [0.05, 0.1) is 19.8 Å². The highest BCUT2D eigenvalue weighted by Gasteiger charge is 2.31. The van der Waals surface area contributed by atoms with Crippen LogP contribution in [-0.2, 0) is 43.4 Å². The molecule has 0 unspecified atom stereocenters. The highest BCUT2D eigenvalue weighted by atomic mass is 16.6. The summed E-state index contributed by atoms with van der Waals surface area (Å²) in [4.78, 5) is 62.2. The molecular formula is C32H48N4O8. The first kappa shape index (κ1) is 36.2. The number of aromatic nitrogens is 3. The van der Waals surface area contributed by atoms with Gasteiger partial charge in [-0.2, -0.15) is 0 Å². The van der Waals surface area contributed by atoms with Crippen molar-refractivity contribution in [2.45, 2.75) is 111 Å². The highest BCUT2D eigenvalue weighted by Crippen LogP contribution is 2.22. The van der Waals surface area contributed by atoms with Crippen molar-refractivity contribution in [2.75, 3.05) is 25.1 Å². The molecule has 12 nitrogen and oxygen atoms in total. The monoisotopic (exact) mass is 616 g/mol. The summed E-state index contributed by atoms with van der Waals surface area (Å²) in [6, 6.07) is 7.53. The zero-order valence-electron chi connectivity index (χ0n) is 26.8. The van der Waals surface area contributed by atoms with E-state index in [9.17, 15) is 24.0 Å². The molecule has 244 valence electrons. The van der Waals surface area contributed by atoms with Crippen LogP contribution < -0.4 is 21.3 Å². The van der Waals surface area contributed by atoms with Gasteiger partial charge in [0.15, 0.2) is 5.60 Å². The molecule has 0 saturated heterocycles. The molecule has 2 rings (SSSR count). The maximum atomic E-state index is 13.2. The number of nitrogens with zero attached hydrogens (tertiary/aromatic N) is 3. The number of esters is 2. The normalized spacial score (nSPS) is 11.2. The second kappa shape index (κ2) is 18.6. The lowest BCUT2D eigenvalue weighted by Crippen LogP contribution is -2.43. The largest absolute Gasteiger partial charge is 0.476 e. The Hall–Kier alpha value is -3.96. The molecule has 12 heteroatoms. The van der Waals surface area contributed by atoms with Gasteiger partial charge >= 0.3 is 17.6 Å². The van der Waals surface area contributed by atoms with Crippen LogP contribution in [0.3, 0.4) is 0 Å². The van der Waals surface area contributed by atoms with Crippen molar-refractivity contribution in [1.82, 2.24) is 14.3 Å². The van der Waals surface area contributed by atoms with Crippen LogP contribution in [0, 0.1) is 0 Å². The standard InChI is InChI=1S/C32H48N4O8/c1-6-9-10-11-14-21-35-28(38)27(34-36(31(35)41)22-19-26(37)29(39)42-7-2)33-20-13-12-16-24-17-15-18-25(23-24)44-32(4,5)30(40)43-8-3/h15,17-18,23H,6-14,16,19-22H2,1-5H3,(H,33,34). The van der Waals surface area contributed by atoms with Crippen molar-refractivity contribution in [3.63, 3.8) is 0 Å². The lowest BCUT2D eigenvalue weighted by Gasteiger charge is -2.24. The van der Waals surface area contributed by atoms with E-state index in [1.807, 2.05) is 18.2 Å². The molecular weight excluding hydrogens is 568 g/mol. The second-order valence-electron chi connectivity index (χ2n) is 11.0. The Morgan fingerprint density at radius 2 is 1.64 bits per heavy atom. The van der Waals surface area contributed by atoms with Gasteiger partial charge in [-0.25, -0.2) is 19.1 Å². The zero-order chi connectivity index (χ0) is 32.5. The summed E-state index contributed by atoms with van der Waals surface area (Å²) in [5, 5.41) is 7.26. The minimum Gasteiger partial charge on any atom is -0.476 e. The molecule has 0 saturated carbocycles. The number of ether oxygens (including phenoxy) is 3. The molecule has 0 atom stereocenters. The maximum absolute atomic E-state index is 13.2. The van der Waals surface area contributed by atoms with E-state index >= 15 is 0 Å². The average molecular weight is 617 g/mol. The first-order valence-electron chi connectivity index (χ1n) is 15.6. The van der Waals surface area contributed by atoms with Gasteiger partial charge in [-0.1, -0.05) is 44.7 Å². The predicted octanol–water partition coefficient (Wildman–Crippen LogP) is 4.05. The number of nitrogens with one attached hydrogen (secondary N) is 1. The molecule has 0 aliphatic carbocycles. The fraction of sp³-hybridized carbons (Fsp3) is 0.625. The number of unbranched alkanes of at least 4 members (excludes halogenated alkanes) is 5. The van der Waals surface area contributed by atoms with E-state index in [-0.39, 0.29) is 38.5 Å². The number of ketones is 1. The van der Waals surface area contributed by atoms with Crippen LogP contribution in [-0.4, -0.2) is 57.4 Å². The number of carbonyl (C=O) groups excluding carboxylic acids is 3. The Labute approximate surface area is 259 Å². The van der Waals surface area contributed by atoms with Crippen LogP contribution in [0.15, 0.2) is 33.9 Å². The number of hydrogen-bond donors (Lipinski definition) is 1. The Bertz CT molecular complexity index is 1350. The molecule has 44 heavy (non-hydrogen) atoms. The first-order chi connectivity index (χ1) is 21.0. The molecule has 1 aromatic carbocycles. The molecule has 0 fully saturated rings. The summed E-state index contributed by atoms with van der Waals surface area (Å²) in [6.45, 7) is 9.68. The third kappa shape index (κ3) is 11.6. The van der Waals surface area contributed by atoms with E-state index < -0.39 is 34.6 Å². The highest BCUT2D eigenvalue weighted by molar-refractivity contribution is 6.33. The van der Waals surface area contributed by atoms with Gasteiger partial charge in [0.2, 0.25) is 11.6 Å². The van der Waals surface area contributed by atoms with Crippen LogP contribution >= 0.6 is 0 Å². The first-order valence-corrected chi connectivity index (χ1v) is 15.6. The van der Waals surface area contributed by atoms with E-state index in [4.69, 9.17) is 14.2 Å². The quantitative estimate of drug-likeness (QED) is 0.124. The van der Waals surface area contributed by atoms with Gasteiger partial charge in [-0.05, 0) is 71.1 Å². The van der Waals surface area contributed by atoms with Crippen molar-refractivity contribution >= 4 is 23.5 Å². The Balaban J connectivity index is 2.05. The third-order valence-electron chi connectivity index (χ3n) is 6.88. The van der Waals surface area contributed by atoms with Gasteiger partial charge < -0.3 is 19.5 Å². The van der Waals surface area contributed by atoms with Gasteiger partial charge in [-0.3, -0.25) is 14.2 Å².